The van der Waals surface area contributed by atoms with Crippen LogP contribution >= 0.6 is 0 Å². The van der Waals surface area contributed by atoms with E-state index in [0.717, 1.165) is 11.5 Å². The van der Waals surface area contributed by atoms with Crippen LogP contribution in [0.5, 0.6) is 0 Å². The van der Waals surface area contributed by atoms with Gasteiger partial charge in [-0.05, 0) is 30.7 Å². The minimum absolute atomic E-state index is 0.0373. The van der Waals surface area contributed by atoms with Crippen molar-refractivity contribution in [3.8, 4) is 0 Å². The molecule has 2 heterocycles. The molecule has 1 aromatic carbocycles. The van der Waals surface area contributed by atoms with Gasteiger partial charge in [-0.2, -0.15) is 5.10 Å². The topological polar surface area (TPSA) is 49.3 Å². The van der Waals surface area contributed by atoms with Crippen LogP contribution in [-0.2, 0) is 11.2 Å². The monoisotopic (exact) mass is 314 g/mol. The maximum Gasteiger partial charge on any atom is 0.227 e. The van der Waals surface area contributed by atoms with E-state index in [0.29, 0.717) is 31.7 Å². The number of rotatable bonds is 3. The van der Waals surface area contributed by atoms with Crippen LogP contribution in [-0.4, -0.2) is 47.2 Å². The Kier molecular flexibility index (Phi) is 4.50. The SMILES string of the molecule is Cc1ccc(N2CCN(C(=O)Cc3ccccc3F)CC2)nn1. The van der Waals surface area contributed by atoms with E-state index in [1.54, 1.807) is 23.1 Å². The lowest BCUT2D eigenvalue weighted by Gasteiger charge is -2.35. The van der Waals surface area contributed by atoms with Crippen molar-refractivity contribution in [1.82, 2.24) is 15.1 Å². The minimum atomic E-state index is -0.325. The van der Waals surface area contributed by atoms with Crippen molar-refractivity contribution in [2.75, 3.05) is 31.1 Å². The number of halogens is 1. The Hall–Kier alpha value is -2.50. The average molecular weight is 314 g/mol. The number of hydrogen-bond acceptors (Lipinski definition) is 4. The van der Waals surface area contributed by atoms with Gasteiger partial charge in [-0.25, -0.2) is 4.39 Å². The molecule has 1 aliphatic heterocycles. The van der Waals surface area contributed by atoms with Crippen LogP contribution < -0.4 is 4.90 Å². The summed E-state index contributed by atoms with van der Waals surface area (Å²) in [5.74, 6) is 0.468. The fourth-order valence-corrected chi connectivity index (χ4v) is 2.66. The van der Waals surface area contributed by atoms with Crippen molar-refractivity contribution in [1.29, 1.82) is 0 Å². The van der Waals surface area contributed by atoms with Crippen LogP contribution in [0.2, 0.25) is 0 Å². The third-order valence-corrected chi connectivity index (χ3v) is 4.04. The van der Waals surface area contributed by atoms with Crippen molar-refractivity contribution in [2.45, 2.75) is 13.3 Å². The number of hydrogen-bond donors (Lipinski definition) is 0. The molecule has 1 saturated heterocycles. The summed E-state index contributed by atoms with van der Waals surface area (Å²) < 4.78 is 13.6. The van der Waals surface area contributed by atoms with Gasteiger partial charge >= 0.3 is 0 Å². The molecule has 1 aliphatic rings. The van der Waals surface area contributed by atoms with Gasteiger partial charge in [0.2, 0.25) is 5.91 Å². The van der Waals surface area contributed by atoms with Crippen molar-refractivity contribution < 1.29 is 9.18 Å². The number of amides is 1. The molecular weight excluding hydrogens is 295 g/mol. The molecule has 0 aliphatic carbocycles. The standard InChI is InChI=1S/C17H19FN4O/c1-13-6-7-16(20-19-13)21-8-10-22(11-9-21)17(23)12-14-4-2-3-5-15(14)18/h2-7H,8-12H2,1H3. The molecule has 1 aromatic heterocycles. The molecule has 0 radical (unpaired) electrons. The zero-order valence-corrected chi connectivity index (χ0v) is 13.1. The highest BCUT2D eigenvalue weighted by Crippen LogP contribution is 2.14. The van der Waals surface area contributed by atoms with Gasteiger partial charge in [-0.1, -0.05) is 18.2 Å². The first kappa shape index (κ1) is 15.4. The van der Waals surface area contributed by atoms with Crippen LogP contribution in [0.15, 0.2) is 36.4 Å². The van der Waals surface area contributed by atoms with Crippen LogP contribution in [0.1, 0.15) is 11.3 Å². The predicted molar refractivity (Wildman–Crippen MR) is 85.7 cm³/mol. The van der Waals surface area contributed by atoms with Gasteiger partial charge in [0, 0.05) is 26.2 Å². The lowest BCUT2D eigenvalue weighted by molar-refractivity contribution is -0.130. The average Bonchev–Trinajstić information content (AvgIpc) is 2.58. The van der Waals surface area contributed by atoms with Gasteiger partial charge in [0.15, 0.2) is 5.82 Å². The van der Waals surface area contributed by atoms with Crippen molar-refractivity contribution >= 4 is 11.7 Å². The Balaban J connectivity index is 1.57. The van der Waals surface area contributed by atoms with Crippen LogP contribution in [0, 0.1) is 12.7 Å². The van der Waals surface area contributed by atoms with E-state index in [1.165, 1.54) is 6.07 Å². The third-order valence-electron chi connectivity index (χ3n) is 4.04. The Morgan fingerprint density at radius 3 is 2.48 bits per heavy atom. The highest BCUT2D eigenvalue weighted by Gasteiger charge is 2.22. The Labute approximate surface area is 134 Å². The summed E-state index contributed by atoms with van der Waals surface area (Å²) in [7, 11) is 0. The predicted octanol–water partition coefficient (Wildman–Crippen LogP) is 1.82. The molecule has 120 valence electrons. The number of anilines is 1. The van der Waals surface area contributed by atoms with Gasteiger partial charge in [0.05, 0.1) is 12.1 Å². The fourth-order valence-electron chi connectivity index (χ4n) is 2.66. The number of nitrogens with zero attached hydrogens (tertiary/aromatic N) is 4. The van der Waals surface area contributed by atoms with Crippen molar-refractivity contribution in [3.05, 3.63) is 53.5 Å². The van der Waals surface area contributed by atoms with Gasteiger partial charge in [0.1, 0.15) is 5.82 Å². The van der Waals surface area contributed by atoms with E-state index in [-0.39, 0.29) is 18.1 Å². The van der Waals surface area contributed by atoms with Gasteiger partial charge < -0.3 is 9.80 Å². The first-order chi connectivity index (χ1) is 11.1. The second kappa shape index (κ2) is 6.73. The lowest BCUT2D eigenvalue weighted by Crippen LogP contribution is -2.49. The molecule has 23 heavy (non-hydrogen) atoms. The molecule has 0 atom stereocenters. The van der Waals surface area contributed by atoms with E-state index in [9.17, 15) is 9.18 Å². The van der Waals surface area contributed by atoms with Crippen LogP contribution in [0.25, 0.3) is 0 Å². The molecule has 5 nitrogen and oxygen atoms in total. The smallest absolute Gasteiger partial charge is 0.227 e. The van der Waals surface area contributed by atoms with E-state index < -0.39 is 0 Å². The maximum atomic E-state index is 13.6. The van der Waals surface area contributed by atoms with Crippen LogP contribution in [0.4, 0.5) is 10.2 Å². The first-order valence-corrected chi connectivity index (χ1v) is 7.70. The number of carbonyl (C=O) groups is 1. The van der Waals surface area contributed by atoms with Gasteiger partial charge in [-0.15, -0.1) is 5.10 Å². The Morgan fingerprint density at radius 2 is 1.83 bits per heavy atom. The number of benzene rings is 1. The second-order valence-corrected chi connectivity index (χ2v) is 5.67. The van der Waals surface area contributed by atoms with E-state index in [1.807, 2.05) is 19.1 Å². The van der Waals surface area contributed by atoms with E-state index in [2.05, 4.69) is 15.1 Å². The highest BCUT2D eigenvalue weighted by molar-refractivity contribution is 5.79. The molecule has 1 fully saturated rings. The fraction of sp³-hybridized carbons (Fsp3) is 0.353. The number of carbonyl (C=O) groups excluding carboxylic acids is 1. The number of aromatic nitrogens is 2. The van der Waals surface area contributed by atoms with E-state index in [4.69, 9.17) is 0 Å². The minimum Gasteiger partial charge on any atom is -0.352 e. The van der Waals surface area contributed by atoms with Crippen molar-refractivity contribution in [2.24, 2.45) is 0 Å². The number of piperazine rings is 1. The molecule has 0 unspecified atom stereocenters. The Morgan fingerprint density at radius 1 is 1.09 bits per heavy atom. The summed E-state index contributed by atoms with van der Waals surface area (Å²) in [6, 6.07) is 10.3. The molecule has 0 saturated carbocycles. The largest absolute Gasteiger partial charge is 0.352 e. The summed E-state index contributed by atoms with van der Waals surface area (Å²) in [4.78, 5) is 16.2. The molecule has 2 aromatic rings. The zero-order chi connectivity index (χ0) is 16.2. The normalized spacial score (nSPS) is 14.9. The highest BCUT2D eigenvalue weighted by atomic mass is 19.1. The van der Waals surface area contributed by atoms with Crippen LogP contribution in [0.3, 0.4) is 0 Å². The third kappa shape index (κ3) is 3.64. The zero-order valence-electron chi connectivity index (χ0n) is 13.1. The molecule has 6 heteroatoms. The number of aryl methyl sites for hydroxylation is 1. The Bertz CT molecular complexity index is 681. The molecule has 3 rings (SSSR count). The summed E-state index contributed by atoms with van der Waals surface area (Å²) in [5.41, 5.74) is 1.33. The van der Waals surface area contributed by atoms with E-state index >= 15 is 0 Å². The molecular formula is C17H19FN4O. The molecule has 0 N–H and O–H groups in total. The lowest BCUT2D eigenvalue weighted by atomic mass is 10.1. The molecule has 0 spiro atoms. The molecule has 1 amide bonds. The summed E-state index contributed by atoms with van der Waals surface area (Å²) >= 11 is 0. The maximum absolute atomic E-state index is 13.6. The summed E-state index contributed by atoms with van der Waals surface area (Å²) in [6.45, 7) is 4.54. The second-order valence-electron chi connectivity index (χ2n) is 5.67. The quantitative estimate of drug-likeness (QED) is 0.867. The van der Waals surface area contributed by atoms with Crippen molar-refractivity contribution in [3.63, 3.8) is 0 Å². The van der Waals surface area contributed by atoms with Gasteiger partial charge in [0.25, 0.3) is 0 Å². The summed E-state index contributed by atoms with van der Waals surface area (Å²) in [6.07, 6.45) is 0.108. The summed E-state index contributed by atoms with van der Waals surface area (Å²) in [5, 5.41) is 8.23. The van der Waals surface area contributed by atoms with Gasteiger partial charge in [-0.3, -0.25) is 4.79 Å². The molecule has 0 bridgehead atoms. The first-order valence-electron chi connectivity index (χ1n) is 7.70.